The second-order valence-electron chi connectivity index (χ2n) is 10.1. The Kier molecular flexibility index (Phi) is 13.9. The van der Waals surface area contributed by atoms with Gasteiger partial charge < -0.3 is 34.7 Å². The van der Waals surface area contributed by atoms with Crippen LogP contribution in [0.25, 0.3) is 11.0 Å². The van der Waals surface area contributed by atoms with Gasteiger partial charge in [-0.05, 0) is 81.7 Å². The molecule has 41 heavy (non-hydrogen) atoms. The van der Waals surface area contributed by atoms with Crippen molar-refractivity contribution in [1.29, 1.82) is 0 Å². The molecule has 9 heteroatoms. The van der Waals surface area contributed by atoms with Gasteiger partial charge in [-0.3, -0.25) is 9.69 Å². The van der Waals surface area contributed by atoms with E-state index in [1.54, 1.807) is 0 Å². The third-order valence-electron chi connectivity index (χ3n) is 6.76. The van der Waals surface area contributed by atoms with Gasteiger partial charge in [-0.1, -0.05) is 40.0 Å². The monoisotopic (exact) mass is 566 g/mol. The smallest absolute Gasteiger partial charge is 0.197 e. The molecule has 0 bridgehead atoms. The van der Waals surface area contributed by atoms with Crippen molar-refractivity contribution in [2.75, 3.05) is 25.4 Å². The summed E-state index contributed by atoms with van der Waals surface area (Å²) in [5, 5.41) is 18.6. The number of rotatable bonds is 15. The minimum absolute atomic E-state index is 0.0364. The number of carbonyl (C=O) groups excluding carboxylic acids is 3. The molecule has 224 valence electrons. The highest BCUT2D eigenvalue weighted by molar-refractivity contribution is 6.25. The predicted molar refractivity (Wildman–Crippen MR) is 155 cm³/mol. The molecule has 0 fully saturated rings. The van der Waals surface area contributed by atoms with E-state index in [4.69, 9.17) is 34.7 Å². The fourth-order valence-corrected chi connectivity index (χ4v) is 4.37. The third-order valence-corrected chi connectivity index (χ3v) is 6.76. The zero-order valence-corrected chi connectivity index (χ0v) is 24.6. The Labute approximate surface area is 242 Å². The third kappa shape index (κ3) is 10.2. The van der Waals surface area contributed by atoms with Gasteiger partial charge in [0, 0.05) is 29.1 Å². The Morgan fingerprint density at radius 1 is 0.902 bits per heavy atom. The molecule has 3 rings (SSSR count). The average Bonchev–Trinajstić information content (AvgIpc) is 3.32. The van der Waals surface area contributed by atoms with E-state index in [2.05, 4.69) is 32.6 Å². The van der Waals surface area contributed by atoms with Crippen molar-refractivity contribution in [3.05, 3.63) is 59.4 Å². The summed E-state index contributed by atoms with van der Waals surface area (Å²) in [6.07, 6.45) is 7.55. The molecule has 9 nitrogen and oxygen atoms in total. The molecule has 1 aromatic heterocycles. The van der Waals surface area contributed by atoms with Gasteiger partial charge in [0.25, 0.3) is 0 Å². The van der Waals surface area contributed by atoms with Gasteiger partial charge in [0.05, 0.1) is 17.5 Å². The summed E-state index contributed by atoms with van der Waals surface area (Å²) >= 11 is 0. The molecule has 0 spiro atoms. The highest BCUT2D eigenvalue weighted by atomic mass is 16.5. The quantitative estimate of drug-likeness (QED) is 0.165. The maximum Gasteiger partial charge on any atom is 0.197 e. The number of nitrogens with zero attached hydrogens (tertiary/aromatic N) is 1. The molecule has 2 N–H and O–H groups in total. The van der Waals surface area contributed by atoms with Gasteiger partial charge in [0.1, 0.15) is 23.7 Å². The van der Waals surface area contributed by atoms with E-state index in [1.807, 2.05) is 42.5 Å². The van der Waals surface area contributed by atoms with Crippen LogP contribution in [0.2, 0.25) is 0 Å². The first-order valence-electron chi connectivity index (χ1n) is 14.4. The maximum absolute atomic E-state index is 13.5. The highest BCUT2D eigenvalue weighted by Gasteiger charge is 2.22. The second kappa shape index (κ2) is 17.1. The van der Waals surface area contributed by atoms with Gasteiger partial charge in [0.15, 0.2) is 5.78 Å². The molecule has 1 atom stereocenters. The number of anilines is 1. The van der Waals surface area contributed by atoms with Crippen LogP contribution in [0, 0.1) is 0 Å². The molecule has 1 unspecified atom stereocenters. The van der Waals surface area contributed by atoms with Crippen LogP contribution in [0.15, 0.2) is 46.9 Å². The van der Waals surface area contributed by atoms with E-state index >= 15 is 0 Å². The number of hydrogen-bond acceptors (Lipinski definition) is 9. The number of benzene rings is 2. The molecule has 3 aromatic rings. The first-order chi connectivity index (χ1) is 19.6. The fourth-order valence-electron chi connectivity index (χ4n) is 4.37. The number of hydrogen-bond donors (Lipinski definition) is 1. The van der Waals surface area contributed by atoms with Crippen molar-refractivity contribution in [3.63, 3.8) is 0 Å². The van der Waals surface area contributed by atoms with Crippen molar-refractivity contribution in [3.8, 4) is 5.75 Å². The zero-order valence-electron chi connectivity index (χ0n) is 24.6. The Morgan fingerprint density at radius 2 is 1.49 bits per heavy atom. The molecule has 0 aliphatic rings. The summed E-state index contributed by atoms with van der Waals surface area (Å²) in [7, 11) is 0. The number of aryl methyl sites for hydroxylation is 1. The first kappa shape index (κ1) is 33.4. The molecule has 0 saturated heterocycles. The van der Waals surface area contributed by atoms with Gasteiger partial charge in [-0.25, -0.2) is 0 Å². The molecule has 0 aliphatic heterocycles. The summed E-state index contributed by atoms with van der Waals surface area (Å²) in [6, 6.07) is 13.3. The summed E-state index contributed by atoms with van der Waals surface area (Å²) < 4.78 is 12.2. The number of furan rings is 1. The molecular formula is C32H42N2O7-2. The van der Waals surface area contributed by atoms with Crippen molar-refractivity contribution < 1.29 is 33.8 Å². The Bertz CT molecular complexity index is 1250. The lowest BCUT2D eigenvalue weighted by Crippen LogP contribution is -2.42. The van der Waals surface area contributed by atoms with Gasteiger partial charge >= 0.3 is 0 Å². The van der Waals surface area contributed by atoms with Crippen LogP contribution in [0.4, 0.5) is 5.69 Å². The van der Waals surface area contributed by atoms with E-state index in [-0.39, 0.29) is 5.78 Å². The number of fused-ring (bicyclic) bond motifs is 1. The van der Waals surface area contributed by atoms with Crippen LogP contribution < -0.4 is 20.7 Å². The minimum Gasteiger partial charge on any atom is -0.543 e. The normalized spacial score (nSPS) is 11.6. The molecule has 0 radical (unpaired) electrons. The van der Waals surface area contributed by atoms with Crippen LogP contribution in [0.3, 0.4) is 0 Å². The van der Waals surface area contributed by atoms with Crippen molar-refractivity contribution in [2.45, 2.75) is 78.7 Å². The largest absolute Gasteiger partial charge is 0.543 e. The SMILES string of the molecule is CCCCc1oc2ccc(N)cc2c1C(=O)c1ccc(OCC(C)N(CCCC)CCCC)cc1.O=C([O-])C(=O)[O-]. The molecule has 0 saturated carbocycles. The van der Waals surface area contributed by atoms with Gasteiger partial charge in [-0.2, -0.15) is 0 Å². The van der Waals surface area contributed by atoms with Gasteiger partial charge in [0.2, 0.25) is 0 Å². The van der Waals surface area contributed by atoms with Gasteiger partial charge in [-0.15, -0.1) is 0 Å². The average molecular weight is 567 g/mol. The number of aliphatic carboxylic acids is 2. The number of ether oxygens (including phenoxy) is 1. The Balaban J connectivity index is 0.000000883. The van der Waals surface area contributed by atoms with Crippen LogP contribution in [-0.4, -0.2) is 48.4 Å². The molecule has 0 aliphatic carbocycles. The number of carboxylic acid groups (broad SMARTS) is 2. The van der Waals surface area contributed by atoms with Crippen LogP contribution in [-0.2, 0) is 16.0 Å². The summed E-state index contributed by atoms with van der Waals surface area (Å²) in [5.74, 6) is -2.88. The van der Waals surface area contributed by atoms with Crippen LogP contribution >= 0.6 is 0 Å². The number of carboxylic acids is 2. The van der Waals surface area contributed by atoms with E-state index in [0.29, 0.717) is 35.0 Å². The standard InChI is InChI=1S/C30H42N2O3.C2H2O4/c1-5-8-11-28-29(26-20-24(31)14-17-27(26)35-28)30(33)23-12-15-25(16-13-23)34-21-22(4)32(18-9-6-2)19-10-7-3;3-1(4)2(5)6/h12-17,20,22H,5-11,18-19,21,31H2,1-4H3;(H,3,4)(H,5,6)/p-2. The van der Waals surface area contributed by atoms with E-state index < -0.39 is 11.9 Å². The number of ketones is 1. The van der Waals surface area contributed by atoms with E-state index in [9.17, 15) is 4.79 Å². The number of nitrogens with two attached hydrogens (primary N) is 1. The van der Waals surface area contributed by atoms with Crippen molar-refractivity contribution in [2.24, 2.45) is 0 Å². The summed E-state index contributed by atoms with van der Waals surface area (Å²) in [4.78, 5) is 33.9. The summed E-state index contributed by atoms with van der Waals surface area (Å²) in [6.45, 7) is 11.7. The molecule has 1 heterocycles. The summed E-state index contributed by atoms with van der Waals surface area (Å²) in [5.41, 5.74) is 8.61. The second-order valence-corrected chi connectivity index (χ2v) is 10.1. The number of carbonyl (C=O) groups is 3. The molecule has 2 aromatic carbocycles. The number of unbranched alkanes of at least 4 members (excludes halogenated alkanes) is 3. The highest BCUT2D eigenvalue weighted by Crippen LogP contribution is 2.31. The Hall–Kier alpha value is -3.85. The molecular weight excluding hydrogens is 524 g/mol. The zero-order chi connectivity index (χ0) is 30.4. The minimum atomic E-state index is -2.19. The fraction of sp³-hybridized carbons (Fsp3) is 0.469. The Morgan fingerprint density at radius 3 is 2.02 bits per heavy atom. The molecule has 0 amide bonds. The van der Waals surface area contributed by atoms with Crippen LogP contribution in [0.1, 0.15) is 87.9 Å². The predicted octanol–water partition coefficient (Wildman–Crippen LogP) is 3.74. The topological polar surface area (TPSA) is 149 Å². The lowest BCUT2D eigenvalue weighted by Gasteiger charge is -2.29. The van der Waals surface area contributed by atoms with E-state index in [1.165, 1.54) is 25.7 Å². The maximum atomic E-state index is 13.5. The lowest BCUT2D eigenvalue weighted by atomic mass is 9.98. The van der Waals surface area contributed by atoms with Crippen LogP contribution in [0.5, 0.6) is 5.75 Å². The lowest BCUT2D eigenvalue weighted by molar-refractivity contribution is -0.345. The van der Waals surface area contributed by atoms with Crippen molar-refractivity contribution >= 4 is 34.4 Å². The first-order valence-corrected chi connectivity index (χ1v) is 14.4. The number of nitrogen functional groups attached to an aromatic ring is 1. The van der Waals surface area contributed by atoms with E-state index in [0.717, 1.165) is 49.2 Å². The van der Waals surface area contributed by atoms with Crippen molar-refractivity contribution in [1.82, 2.24) is 4.90 Å².